The van der Waals surface area contributed by atoms with Crippen LogP contribution in [0.1, 0.15) is 12.0 Å². The second-order valence-corrected chi connectivity index (χ2v) is 6.03. The normalized spacial score (nSPS) is 13.1. The topological polar surface area (TPSA) is 32.3 Å². The lowest BCUT2D eigenvalue weighted by Gasteiger charge is -2.17. The largest absolute Gasteiger partial charge is 0.384 e. The molecule has 0 saturated carbocycles. The maximum Gasteiger partial charge on any atom is 0.228 e. The molecule has 1 aliphatic rings. The Morgan fingerprint density at radius 1 is 1.19 bits per heavy atom. The second-order valence-electron chi connectivity index (χ2n) is 5.11. The van der Waals surface area contributed by atoms with E-state index in [1.807, 2.05) is 47.4 Å². The van der Waals surface area contributed by atoms with E-state index in [0.717, 1.165) is 28.8 Å². The molecule has 0 aromatic heterocycles. The van der Waals surface area contributed by atoms with Crippen LogP contribution in [0.4, 0.5) is 11.4 Å². The second kappa shape index (κ2) is 6.31. The van der Waals surface area contributed by atoms with Crippen LogP contribution in [0.5, 0.6) is 0 Å². The number of fused-ring (bicyclic) bond motifs is 1. The predicted molar refractivity (Wildman–Crippen MR) is 89.7 cm³/mol. The molecule has 0 saturated heterocycles. The van der Waals surface area contributed by atoms with Gasteiger partial charge < -0.3 is 10.2 Å². The van der Waals surface area contributed by atoms with E-state index in [-0.39, 0.29) is 5.91 Å². The first-order valence-electron chi connectivity index (χ1n) is 7.12. The molecule has 0 unspecified atom stereocenters. The number of carbonyl (C=O) groups excluding carboxylic acids is 1. The summed E-state index contributed by atoms with van der Waals surface area (Å²) in [6, 6.07) is 16.1. The zero-order valence-electron chi connectivity index (χ0n) is 11.7. The van der Waals surface area contributed by atoms with Crippen LogP contribution < -0.4 is 10.2 Å². The van der Waals surface area contributed by atoms with Gasteiger partial charge in [-0.05, 0) is 36.2 Å². The van der Waals surface area contributed by atoms with Crippen molar-refractivity contribution in [2.45, 2.75) is 12.8 Å². The zero-order valence-corrected chi connectivity index (χ0v) is 13.3. The van der Waals surface area contributed by atoms with Crippen LogP contribution in [-0.2, 0) is 11.2 Å². The average molecular weight is 345 g/mol. The number of amides is 1. The smallest absolute Gasteiger partial charge is 0.228 e. The summed E-state index contributed by atoms with van der Waals surface area (Å²) < 4.78 is 1.03. The van der Waals surface area contributed by atoms with Crippen molar-refractivity contribution < 1.29 is 4.79 Å². The highest BCUT2D eigenvalue weighted by Gasteiger charge is 2.23. The number of nitrogens with zero attached hydrogens (tertiary/aromatic N) is 1. The minimum Gasteiger partial charge on any atom is -0.384 e. The van der Waals surface area contributed by atoms with Gasteiger partial charge in [0.15, 0.2) is 0 Å². The molecule has 1 N–H and O–H groups in total. The van der Waals surface area contributed by atoms with Gasteiger partial charge in [-0.15, -0.1) is 0 Å². The van der Waals surface area contributed by atoms with E-state index in [4.69, 9.17) is 0 Å². The van der Waals surface area contributed by atoms with Gasteiger partial charge in [0.05, 0.1) is 0 Å². The number of rotatable bonds is 4. The average Bonchev–Trinajstić information content (AvgIpc) is 2.91. The third-order valence-corrected chi connectivity index (χ3v) is 4.17. The van der Waals surface area contributed by atoms with E-state index in [1.54, 1.807) is 0 Å². The Hall–Kier alpha value is -1.81. The SMILES string of the molecule is O=C(CCNc1cccc(Br)c1)N1CCc2ccccc21. The van der Waals surface area contributed by atoms with Gasteiger partial charge in [0.25, 0.3) is 0 Å². The molecule has 1 aliphatic heterocycles. The summed E-state index contributed by atoms with van der Waals surface area (Å²) in [7, 11) is 0. The first-order chi connectivity index (χ1) is 10.2. The maximum absolute atomic E-state index is 12.3. The van der Waals surface area contributed by atoms with E-state index < -0.39 is 0 Å². The zero-order chi connectivity index (χ0) is 14.7. The number of hydrogen-bond acceptors (Lipinski definition) is 2. The van der Waals surface area contributed by atoms with Crippen molar-refractivity contribution in [3.05, 3.63) is 58.6 Å². The summed E-state index contributed by atoms with van der Waals surface area (Å²) in [4.78, 5) is 14.2. The Morgan fingerprint density at radius 2 is 2.05 bits per heavy atom. The lowest BCUT2D eigenvalue weighted by molar-refractivity contribution is -0.118. The van der Waals surface area contributed by atoms with Gasteiger partial charge in [0.1, 0.15) is 0 Å². The molecule has 2 aromatic carbocycles. The standard InChI is InChI=1S/C17H17BrN2O/c18-14-5-3-6-15(12-14)19-10-8-17(21)20-11-9-13-4-1-2-7-16(13)20/h1-7,12,19H,8-11H2. The van der Waals surface area contributed by atoms with Gasteiger partial charge in [0.2, 0.25) is 5.91 Å². The van der Waals surface area contributed by atoms with Crippen LogP contribution in [0.3, 0.4) is 0 Å². The van der Waals surface area contributed by atoms with Crippen LogP contribution in [-0.4, -0.2) is 19.0 Å². The van der Waals surface area contributed by atoms with E-state index >= 15 is 0 Å². The molecule has 0 atom stereocenters. The molecule has 1 amide bonds. The molecule has 108 valence electrons. The predicted octanol–water partition coefficient (Wildman–Crippen LogP) is 3.84. The number of benzene rings is 2. The Bertz CT molecular complexity index is 657. The van der Waals surface area contributed by atoms with Crippen LogP contribution >= 0.6 is 15.9 Å². The van der Waals surface area contributed by atoms with Gasteiger partial charge in [-0.1, -0.05) is 40.2 Å². The van der Waals surface area contributed by atoms with E-state index in [0.29, 0.717) is 13.0 Å². The van der Waals surface area contributed by atoms with Crippen LogP contribution in [0, 0.1) is 0 Å². The van der Waals surface area contributed by atoms with Crippen molar-refractivity contribution in [3.63, 3.8) is 0 Å². The molecule has 2 aromatic rings. The van der Waals surface area contributed by atoms with Crippen molar-refractivity contribution >= 4 is 33.2 Å². The first kappa shape index (κ1) is 14.1. The summed E-state index contributed by atoms with van der Waals surface area (Å²) in [5.74, 6) is 0.183. The first-order valence-corrected chi connectivity index (χ1v) is 7.91. The van der Waals surface area contributed by atoms with Gasteiger partial charge in [-0.25, -0.2) is 0 Å². The van der Waals surface area contributed by atoms with E-state index in [9.17, 15) is 4.79 Å². The maximum atomic E-state index is 12.3. The van der Waals surface area contributed by atoms with Crippen LogP contribution in [0.2, 0.25) is 0 Å². The number of hydrogen-bond donors (Lipinski definition) is 1. The molecule has 1 heterocycles. The fourth-order valence-corrected chi connectivity index (χ4v) is 3.04. The van der Waals surface area contributed by atoms with Crippen molar-refractivity contribution in [2.75, 3.05) is 23.3 Å². The molecular formula is C17H17BrN2O. The number of carbonyl (C=O) groups is 1. The third kappa shape index (κ3) is 3.27. The Labute approximate surface area is 133 Å². The summed E-state index contributed by atoms with van der Waals surface area (Å²) in [6.45, 7) is 1.45. The Morgan fingerprint density at radius 3 is 2.90 bits per heavy atom. The molecule has 0 fully saturated rings. The summed E-state index contributed by atoms with van der Waals surface area (Å²) in [5, 5.41) is 3.29. The van der Waals surface area contributed by atoms with Gasteiger partial charge in [-0.2, -0.15) is 0 Å². The summed E-state index contributed by atoms with van der Waals surface area (Å²) in [5.41, 5.74) is 3.37. The van der Waals surface area contributed by atoms with Crippen molar-refractivity contribution in [3.8, 4) is 0 Å². The van der Waals surface area contributed by atoms with Crippen LogP contribution in [0.15, 0.2) is 53.0 Å². The molecule has 0 aliphatic carbocycles. The molecule has 4 heteroatoms. The van der Waals surface area contributed by atoms with Crippen molar-refractivity contribution in [1.29, 1.82) is 0 Å². The molecular weight excluding hydrogens is 328 g/mol. The Kier molecular flexibility index (Phi) is 4.25. The molecule has 21 heavy (non-hydrogen) atoms. The molecule has 0 radical (unpaired) electrons. The minimum atomic E-state index is 0.183. The molecule has 3 rings (SSSR count). The van der Waals surface area contributed by atoms with E-state index in [2.05, 4.69) is 27.3 Å². The van der Waals surface area contributed by atoms with E-state index in [1.165, 1.54) is 5.56 Å². The summed E-state index contributed by atoms with van der Waals surface area (Å²) in [6.07, 6.45) is 1.46. The highest BCUT2D eigenvalue weighted by atomic mass is 79.9. The molecule has 0 spiro atoms. The fourth-order valence-electron chi connectivity index (χ4n) is 2.64. The number of halogens is 1. The number of para-hydroxylation sites is 1. The lowest BCUT2D eigenvalue weighted by Crippen LogP contribution is -2.30. The fraction of sp³-hybridized carbons (Fsp3) is 0.235. The molecule has 3 nitrogen and oxygen atoms in total. The van der Waals surface area contributed by atoms with Crippen molar-refractivity contribution in [1.82, 2.24) is 0 Å². The quantitative estimate of drug-likeness (QED) is 0.913. The third-order valence-electron chi connectivity index (χ3n) is 3.68. The van der Waals surface area contributed by atoms with Gasteiger partial charge in [0, 0.05) is 35.4 Å². The Balaban J connectivity index is 1.56. The minimum absolute atomic E-state index is 0.183. The van der Waals surface area contributed by atoms with Gasteiger partial charge >= 0.3 is 0 Å². The monoisotopic (exact) mass is 344 g/mol. The van der Waals surface area contributed by atoms with Crippen LogP contribution in [0.25, 0.3) is 0 Å². The highest BCUT2D eigenvalue weighted by molar-refractivity contribution is 9.10. The van der Waals surface area contributed by atoms with Crippen molar-refractivity contribution in [2.24, 2.45) is 0 Å². The summed E-state index contributed by atoms with van der Waals surface area (Å²) >= 11 is 3.44. The molecule has 0 bridgehead atoms. The highest BCUT2D eigenvalue weighted by Crippen LogP contribution is 2.27. The number of anilines is 2. The number of nitrogens with one attached hydrogen (secondary N) is 1. The van der Waals surface area contributed by atoms with Gasteiger partial charge in [-0.3, -0.25) is 4.79 Å². The lowest BCUT2D eigenvalue weighted by atomic mass is 10.2.